The van der Waals surface area contributed by atoms with Crippen molar-refractivity contribution >= 4 is 61.1 Å². The Hall–Kier alpha value is 0.950. The van der Waals surface area contributed by atoms with Gasteiger partial charge < -0.3 is 0 Å². The molecular formula is C7H4BrF2I2N. The minimum Gasteiger partial charge on any atom is -0.250 e. The fraction of sp³-hybridized carbons (Fsp3) is 0.286. The van der Waals surface area contributed by atoms with E-state index >= 15 is 0 Å². The second-order valence-electron chi connectivity index (χ2n) is 2.23. The minimum absolute atomic E-state index is 0.123. The predicted molar refractivity (Wildman–Crippen MR) is 67.3 cm³/mol. The number of alkyl halides is 3. The molecule has 0 saturated carbocycles. The molecule has 0 fully saturated rings. The average molecular weight is 474 g/mol. The van der Waals surface area contributed by atoms with Gasteiger partial charge in [-0.15, -0.1) is 0 Å². The van der Waals surface area contributed by atoms with Gasteiger partial charge in [0.05, 0.1) is 9.26 Å². The van der Waals surface area contributed by atoms with Crippen molar-refractivity contribution in [2.45, 2.75) is 11.8 Å². The van der Waals surface area contributed by atoms with Gasteiger partial charge in [0.25, 0.3) is 6.43 Å². The third-order valence-electron chi connectivity index (χ3n) is 1.34. The third-order valence-corrected chi connectivity index (χ3v) is 4.93. The molecule has 0 radical (unpaired) electrons. The van der Waals surface area contributed by atoms with Gasteiger partial charge in [0.2, 0.25) is 0 Å². The fourth-order valence-electron chi connectivity index (χ4n) is 0.781. The molecule has 0 aliphatic carbocycles. The number of nitrogens with zero attached hydrogens (tertiary/aromatic N) is 1. The van der Waals surface area contributed by atoms with Crippen molar-refractivity contribution in [3.8, 4) is 0 Å². The number of pyridine rings is 1. The van der Waals surface area contributed by atoms with Crippen molar-refractivity contribution < 1.29 is 8.78 Å². The largest absolute Gasteiger partial charge is 0.281 e. The van der Waals surface area contributed by atoms with Crippen LogP contribution in [0, 0.1) is 7.14 Å². The summed E-state index contributed by atoms with van der Waals surface area (Å²) in [5.41, 5.74) is 0.516. The summed E-state index contributed by atoms with van der Waals surface area (Å²) < 4.78 is 26.2. The zero-order valence-corrected chi connectivity index (χ0v) is 12.1. The average Bonchev–Trinajstić information content (AvgIpc) is 2.09. The predicted octanol–water partition coefficient (Wildman–Crippen LogP) is 4.12. The Bertz CT molecular complexity index is 320. The smallest absolute Gasteiger partial charge is 0.250 e. The Kier molecular flexibility index (Phi) is 4.76. The number of aromatic nitrogens is 1. The number of hydrogen-bond donors (Lipinski definition) is 0. The van der Waals surface area contributed by atoms with E-state index in [2.05, 4.69) is 20.9 Å². The summed E-state index contributed by atoms with van der Waals surface area (Å²) in [6.07, 6.45) is -2.50. The summed E-state index contributed by atoms with van der Waals surface area (Å²) in [6, 6.07) is 1.79. The van der Waals surface area contributed by atoms with Crippen LogP contribution < -0.4 is 0 Å². The van der Waals surface area contributed by atoms with E-state index in [0.29, 0.717) is 14.6 Å². The first-order chi connectivity index (χ1) is 6.06. The lowest BCUT2D eigenvalue weighted by atomic mass is 10.3. The molecule has 0 amide bonds. The summed E-state index contributed by atoms with van der Waals surface area (Å²) >= 11 is 7.10. The monoisotopic (exact) mass is 473 g/mol. The molecule has 0 bridgehead atoms. The van der Waals surface area contributed by atoms with Crippen LogP contribution in [0.25, 0.3) is 0 Å². The summed E-state index contributed by atoms with van der Waals surface area (Å²) in [6.45, 7) is 0. The maximum atomic E-state index is 12.4. The maximum absolute atomic E-state index is 12.4. The van der Waals surface area contributed by atoms with Crippen LogP contribution in [-0.2, 0) is 5.33 Å². The van der Waals surface area contributed by atoms with Gasteiger partial charge in [-0.3, -0.25) is 0 Å². The van der Waals surface area contributed by atoms with E-state index < -0.39 is 6.43 Å². The van der Waals surface area contributed by atoms with Gasteiger partial charge in [0.15, 0.2) is 0 Å². The lowest BCUT2D eigenvalue weighted by Gasteiger charge is -2.06. The van der Waals surface area contributed by atoms with Gasteiger partial charge in [0.1, 0.15) is 5.69 Å². The Morgan fingerprint density at radius 3 is 2.54 bits per heavy atom. The van der Waals surface area contributed by atoms with Crippen LogP contribution in [0.3, 0.4) is 0 Å². The molecule has 0 unspecified atom stereocenters. The van der Waals surface area contributed by atoms with E-state index in [1.165, 1.54) is 0 Å². The number of halogens is 5. The van der Waals surface area contributed by atoms with E-state index in [0.717, 1.165) is 3.57 Å². The van der Waals surface area contributed by atoms with Crippen molar-refractivity contribution in [2.75, 3.05) is 0 Å². The van der Waals surface area contributed by atoms with Crippen molar-refractivity contribution in [1.29, 1.82) is 0 Å². The van der Waals surface area contributed by atoms with E-state index in [-0.39, 0.29) is 5.69 Å². The van der Waals surface area contributed by atoms with E-state index in [4.69, 9.17) is 0 Å². The summed E-state index contributed by atoms with van der Waals surface area (Å²) in [5.74, 6) is 0. The number of hydrogen-bond acceptors (Lipinski definition) is 1. The van der Waals surface area contributed by atoms with Crippen LogP contribution in [0.1, 0.15) is 17.8 Å². The first-order valence-corrected chi connectivity index (χ1v) is 6.53. The fourth-order valence-corrected chi connectivity index (χ4v) is 2.22. The Morgan fingerprint density at radius 1 is 1.46 bits per heavy atom. The molecule has 1 aromatic rings. The lowest BCUT2D eigenvalue weighted by Crippen LogP contribution is -2.00. The molecule has 1 aromatic heterocycles. The summed E-state index contributed by atoms with van der Waals surface area (Å²) in [5, 5.41) is 0.500. The van der Waals surface area contributed by atoms with Crippen LogP contribution in [0.15, 0.2) is 6.07 Å². The molecular weight excluding hydrogens is 470 g/mol. The SMILES string of the molecule is FC(F)c1nc(CBr)cc(I)c1I. The topological polar surface area (TPSA) is 12.9 Å². The van der Waals surface area contributed by atoms with Crippen LogP contribution in [0.5, 0.6) is 0 Å². The molecule has 1 nitrogen and oxygen atoms in total. The first kappa shape index (κ1) is 12.0. The molecule has 0 aliphatic heterocycles. The molecule has 0 atom stereocenters. The maximum Gasteiger partial charge on any atom is 0.281 e. The van der Waals surface area contributed by atoms with Gasteiger partial charge in [-0.1, -0.05) is 15.9 Å². The summed E-state index contributed by atoms with van der Waals surface area (Å²) in [7, 11) is 0. The Balaban J connectivity index is 3.25. The van der Waals surface area contributed by atoms with Crippen LogP contribution in [0.2, 0.25) is 0 Å². The van der Waals surface area contributed by atoms with Gasteiger partial charge in [-0.25, -0.2) is 13.8 Å². The molecule has 1 rings (SSSR count). The number of rotatable bonds is 2. The molecule has 1 heterocycles. The van der Waals surface area contributed by atoms with Crippen molar-refractivity contribution in [1.82, 2.24) is 4.98 Å². The second kappa shape index (κ2) is 5.15. The molecule has 0 aliphatic rings. The minimum atomic E-state index is -2.50. The lowest BCUT2D eigenvalue weighted by molar-refractivity contribution is 0.144. The second-order valence-corrected chi connectivity index (χ2v) is 5.03. The van der Waals surface area contributed by atoms with Crippen LogP contribution in [-0.4, -0.2) is 4.98 Å². The van der Waals surface area contributed by atoms with E-state index in [1.54, 1.807) is 6.07 Å². The molecule has 72 valence electrons. The van der Waals surface area contributed by atoms with Gasteiger partial charge in [-0.05, 0) is 51.2 Å². The van der Waals surface area contributed by atoms with Crippen LogP contribution >= 0.6 is 61.1 Å². The molecule has 0 N–H and O–H groups in total. The van der Waals surface area contributed by atoms with E-state index in [9.17, 15) is 8.78 Å². The van der Waals surface area contributed by atoms with Crippen LogP contribution in [0.4, 0.5) is 8.78 Å². The normalized spacial score (nSPS) is 10.9. The zero-order valence-electron chi connectivity index (χ0n) is 6.20. The quantitative estimate of drug-likeness (QED) is 0.465. The van der Waals surface area contributed by atoms with E-state index in [1.807, 2.05) is 45.2 Å². The van der Waals surface area contributed by atoms with Crippen molar-refractivity contribution in [3.05, 3.63) is 24.6 Å². The highest BCUT2D eigenvalue weighted by molar-refractivity contribution is 14.1. The summed E-state index contributed by atoms with van der Waals surface area (Å²) in [4.78, 5) is 3.84. The van der Waals surface area contributed by atoms with Gasteiger partial charge >= 0.3 is 0 Å². The Labute approximate surface area is 110 Å². The van der Waals surface area contributed by atoms with Gasteiger partial charge in [0, 0.05) is 8.90 Å². The van der Waals surface area contributed by atoms with Crippen molar-refractivity contribution in [3.63, 3.8) is 0 Å². The van der Waals surface area contributed by atoms with Gasteiger partial charge in [-0.2, -0.15) is 0 Å². The highest BCUT2D eigenvalue weighted by atomic mass is 127. The van der Waals surface area contributed by atoms with Crippen molar-refractivity contribution in [2.24, 2.45) is 0 Å². The standard InChI is InChI=1S/C7H4BrF2I2N/c8-2-3-1-4(11)5(12)6(13-3)7(9)10/h1,7H,2H2. The third kappa shape index (κ3) is 2.95. The highest BCUT2D eigenvalue weighted by Crippen LogP contribution is 2.27. The molecule has 6 heteroatoms. The first-order valence-electron chi connectivity index (χ1n) is 3.25. The highest BCUT2D eigenvalue weighted by Gasteiger charge is 2.16. The molecule has 13 heavy (non-hydrogen) atoms. The molecule has 0 aromatic carbocycles. The molecule has 0 saturated heterocycles. The molecule has 0 spiro atoms. The Morgan fingerprint density at radius 2 is 2.08 bits per heavy atom. The zero-order chi connectivity index (χ0) is 10.0.